The fourth-order valence-electron chi connectivity index (χ4n) is 4.04. The number of nitrogens with two attached hydrogens (primary N) is 1. The number of ether oxygens (including phenoxy) is 4. The molecule has 0 unspecified atom stereocenters. The van der Waals surface area contributed by atoms with E-state index >= 15 is 0 Å². The predicted molar refractivity (Wildman–Crippen MR) is 112 cm³/mol. The molecule has 2 aliphatic rings. The van der Waals surface area contributed by atoms with Gasteiger partial charge in [0.05, 0.1) is 20.3 Å². The molecule has 1 amide bonds. The number of methoxy groups -OCH3 is 1. The first kappa shape index (κ1) is 20.7. The van der Waals surface area contributed by atoms with Crippen molar-refractivity contribution in [3.63, 3.8) is 0 Å². The van der Waals surface area contributed by atoms with Gasteiger partial charge >= 0.3 is 6.09 Å². The molecule has 2 heterocycles. The SMILES string of the molecule is COc1ccc(NC(=O)O[C@@H]2CO[C@H]3[C@@H]2OC[C@@H]3[NH2+]CCCc2ccccc2)cc1. The number of hydrogen-bond acceptors (Lipinski definition) is 5. The van der Waals surface area contributed by atoms with Crippen LogP contribution in [0.3, 0.4) is 0 Å². The number of carbonyl (C=O) groups excluding carboxylic acids is 1. The fraction of sp³-hybridized carbons (Fsp3) is 0.435. The zero-order chi connectivity index (χ0) is 20.8. The van der Waals surface area contributed by atoms with Gasteiger partial charge in [0.15, 0.2) is 6.10 Å². The van der Waals surface area contributed by atoms with Gasteiger partial charge in [0.25, 0.3) is 0 Å². The van der Waals surface area contributed by atoms with Gasteiger partial charge in [-0.3, -0.25) is 5.32 Å². The van der Waals surface area contributed by atoms with Gasteiger partial charge in [0.1, 0.15) is 30.6 Å². The molecule has 0 aromatic heterocycles. The molecule has 0 spiro atoms. The number of hydrogen-bond donors (Lipinski definition) is 2. The number of aryl methyl sites for hydroxylation is 1. The monoisotopic (exact) mass is 413 g/mol. The van der Waals surface area contributed by atoms with Crippen LogP contribution in [-0.4, -0.2) is 57.3 Å². The Hall–Kier alpha value is -2.61. The molecule has 160 valence electrons. The van der Waals surface area contributed by atoms with Gasteiger partial charge in [-0.05, 0) is 36.2 Å². The second kappa shape index (κ2) is 9.93. The van der Waals surface area contributed by atoms with Crippen molar-refractivity contribution >= 4 is 11.8 Å². The number of anilines is 1. The first-order chi connectivity index (χ1) is 14.7. The smallest absolute Gasteiger partial charge is 0.412 e. The standard InChI is InChI=1S/C23H28N2O5/c1-27-18-11-9-17(10-12-18)25-23(26)30-20-15-29-21-19(14-28-22(20)21)24-13-5-8-16-6-3-2-4-7-16/h2-4,6-7,9-12,19-22,24H,5,8,13-15H2,1H3,(H,25,26)/p+1/t19-,20+,21+,22+/m0/s1. The summed E-state index contributed by atoms with van der Waals surface area (Å²) >= 11 is 0. The maximum absolute atomic E-state index is 12.3. The van der Waals surface area contributed by atoms with E-state index in [1.807, 2.05) is 6.07 Å². The van der Waals surface area contributed by atoms with E-state index in [0.717, 1.165) is 25.1 Å². The molecule has 4 rings (SSSR count). The van der Waals surface area contributed by atoms with Crippen molar-refractivity contribution in [2.75, 3.05) is 32.2 Å². The second-order valence-electron chi connectivity index (χ2n) is 7.67. The summed E-state index contributed by atoms with van der Waals surface area (Å²) in [6.07, 6.45) is 1.02. The van der Waals surface area contributed by atoms with Crippen molar-refractivity contribution in [2.45, 2.75) is 37.2 Å². The Morgan fingerprint density at radius 1 is 1.07 bits per heavy atom. The van der Waals surface area contributed by atoms with E-state index in [1.54, 1.807) is 31.4 Å². The largest absolute Gasteiger partial charge is 0.497 e. The molecule has 0 aliphatic carbocycles. The van der Waals surface area contributed by atoms with E-state index < -0.39 is 12.2 Å². The Morgan fingerprint density at radius 2 is 1.83 bits per heavy atom. The van der Waals surface area contributed by atoms with Crippen LogP contribution >= 0.6 is 0 Å². The lowest BCUT2D eigenvalue weighted by atomic mass is 10.1. The Kier molecular flexibility index (Phi) is 6.84. The lowest BCUT2D eigenvalue weighted by molar-refractivity contribution is -0.693. The molecule has 7 heteroatoms. The molecule has 2 aromatic carbocycles. The van der Waals surface area contributed by atoms with Crippen molar-refractivity contribution in [1.82, 2.24) is 0 Å². The van der Waals surface area contributed by atoms with E-state index in [2.05, 4.69) is 34.9 Å². The zero-order valence-electron chi connectivity index (χ0n) is 17.2. The highest BCUT2D eigenvalue weighted by Crippen LogP contribution is 2.28. The van der Waals surface area contributed by atoms with Gasteiger partial charge in [0.2, 0.25) is 0 Å². The van der Waals surface area contributed by atoms with Crippen molar-refractivity contribution in [1.29, 1.82) is 0 Å². The predicted octanol–water partition coefficient (Wildman–Crippen LogP) is 1.97. The molecule has 0 saturated carbocycles. The van der Waals surface area contributed by atoms with Gasteiger partial charge in [-0.2, -0.15) is 0 Å². The fourth-order valence-corrected chi connectivity index (χ4v) is 4.04. The number of benzene rings is 2. The highest BCUT2D eigenvalue weighted by atomic mass is 16.6. The molecule has 2 aromatic rings. The van der Waals surface area contributed by atoms with Gasteiger partial charge in [-0.25, -0.2) is 4.79 Å². The Balaban J connectivity index is 1.20. The average Bonchev–Trinajstić information content (AvgIpc) is 3.36. The number of amides is 1. The molecule has 4 atom stereocenters. The minimum Gasteiger partial charge on any atom is -0.497 e. The lowest BCUT2D eigenvalue weighted by Gasteiger charge is -2.17. The normalized spacial score (nSPS) is 25.0. The Morgan fingerprint density at radius 3 is 2.60 bits per heavy atom. The van der Waals surface area contributed by atoms with E-state index in [4.69, 9.17) is 18.9 Å². The highest BCUT2D eigenvalue weighted by molar-refractivity contribution is 5.84. The quantitative estimate of drug-likeness (QED) is 0.647. The van der Waals surface area contributed by atoms with Crippen molar-refractivity contribution < 1.29 is 29.1 Å². The first-order valence-electron chi connectivity index (χ1n) is 10.4. The molecule has 2 saturated heterocycles. The first-order valence-corrected chi connectivity index (χ1v) is 10.4. The maximum atomic E-state index is 12.3. The van der Waals surface area contributed by atoms with Gasteiger partial charge in [0, 0.05) is 12.1 Å². The van der Waals surface area contributed by atoms with Gasteiger partial charge in [-0.1, -0.05) is 30.3 Å². The second-order valence-corrected chi connectivity index (χ2v) is 7.67. The van der Waals surface area contributed by atoms with Crippen LogP contribution < -0.4 is 15.4 Å². The third-order valence-corrected chi connectivity index (χ3v) is 5.62. The van der Waals surface area contributed by atoms with Crippen LogP contribution in [-0.2, 0) is 20.6 Å². The number of rotatable bonds is 8. The number of fused-ring (bicyclic) bond motifs is 1. The van der Waals surface area contributed by atoms with Crippen LogP contribution in [0.4, 0.5) is 10.5 Å². The summed E-state index contributed by atoms with van der Waals surface area (Å²) in [4.78, 5) is 12.3. The van der Waals surface area contributed by atoms with Crippen LogP contribution in [0.25, 0.3) is 0 Å². The molecule has 30 heavy (non-hydrogen) atoms. The molecular formula is C23H29N2O5+. The third-order valence-electron chi connectivity index (χ3n) is 5.62. The van der Waals surface area contributed by atoms with Crippen LogP contribution in [0.2, 0.25) is 0 Å². The van der Waals surface area contributed by atoms with Crippen molar-refractivity contribution in [3.8, 4) is 5.75 Å². The Labute approximate surface area is 176 Å². The summed E-state index contributed by atoms with van der Waals surface area (Å²) in [7, 11) is 1.60. The van der Waals surface area contributed by atoms with Crippen LogP contribution in [0.15, 0.2) is 54.6 Å². The summed E-state index contributed by atoms with van der Waals surface area (Å²) in [5.74, 6) is 0.728. The van der Waals surface area contributed by atoms with E-state index in [9.17, 15) is 4.79 Å². The number of nitrogens with one attached hydrogen (secondary N) is 1. The molecule has 2 fully saturated rings. The lowest BCUT2D eigenvalue weighted by Crippen LogP contribution is -2.92. The minimum atomic E-state index is -0.506. The molecule has 3 N–H and O–H groups in total. The average molecular weight is 413 g/mol. The van der Waals surface area contributed by atoms with Crippen LogP contribution in [0.5, 0.6) is 5.75 Å². The van der Waals surface area contributed by atoms with Crippen molar-refractivity contribution in [3.05, 3.63) is 60.2 Å². The van der Waals surface area contributed by atoms with Crippen molar-refractivity contribution in [2.24, 2.45) is 0 Å². The molecule has 0 bridgehead atoms. The van der Waals surface area contributed by atoms with Crippen LogP contribution in [0.1, 0.15) is 12.0 Å². The highest BCUT2D eigenvalue weighted by Gasteiger charge is 2.51. The van der Waals surface area contributed by atoms with Gasteiger partial charge < -0.3 is 24.3 Å². The van der Waals surface area contributed by atoms with Crippen LogP contribution in [0, 0.1) is 0 Å². The molecule has 2 aliphatic heterocycles. The summed E-state index contributed by atoms with van der Waals surface area (Å²) in [5.41, 5.74) is 2.01. The minimum absolute atomic E-state index is 0.0412. The molecule has 7 nitrogen and oxygen atoms in total. The zero-order valence-corrected chi connectivity index (χ0v) is 17.2. The number of carbonyl (C=O) groups is 1. The third kappa shape index (κ3) is 5.11. The summed E-state index contributed by atoms with van der Waals surface area (Å²) in [5, 5.41) is 5.03. The summed E-state index contributed by atoms with van der Waals surface area (Å²) < 4.78 is 22.5. The summed E-state index contributed by atoms with van der Waals surface area (Å²) in [6.45, 7) is 1.99. The molecular weight excluding hydrogens is 384 g/mol. The topological polar surface area (TPSA) is 82.6 Å². The van der Waals surface area contributed by atoms with E-state index in [1.165, 1.54) is 5.56 Å². The maximum Gasteiger partial charge on any atom is 0.412 e. The summed E-state index contributed by atoms with van der Waals surface area (Å²) in [6, 6.07) is 17.8. The van der Waals surface area contributed by atoms with E-state index in [0.29, 0.717) is 18.9 Å². The van der Waals surface area contributed by atoms with E-state index in [-0.39, 0.29) is 18.2 Å². The Bertz CT molecular complexity index is 814. The molecule has 0 radical (unpaired) electrons. The number of quaternary nitrogens is 1. The van der Waals surface area contributed by atoms with Gasteiger partial charge in [-0.15, -0.1) is 0 Å².